The standard InChI is InChI=1S/C17H32O/c1-5-7-14-9-11-15(12-10-14)16(18)8-6-13-17(2,3)4/h14-15H,5-13H2,1-4H3. The maximum atomic E-state index is 12.1. The van der Waals surface area contributed by atoms with Crippen LogP contribution >= 0.6 is 0 Å². The van der Waals surface area contributed by atoms with Crippen LogP contribution in [-0.4, -0.2) is 5.78 Å². The molecule has 18 heavy (non-hydrogen) atoms. The summed E-state index contributed by atoms with van der Waals surface area (Å²) in [6, 6.07) is 0. The lowest BCUT2D eigenvalue weighted by Crippen LogP contribution is -2.22. The molecule has 0 aromatic carbocycles. The molecule has 0 unspecified atom stereocenters. The van der Waals surface area contributed by atoms with Gasteiger partial charge in [0.1, 0.15) is 5.78 Å². The molecule has 1 saturated carbocycles. The van der Waals surface area contributed by atoms with Crippen molar-refractivity contribution >= 4 is 5.78 Å². The molecule has 1 heteroatoms. The first-order valence-electron chi connectivity index (χ1n) is 7.95. The summed E-state index contributed by atoms with van der Waals surface area (Å²) >= 11 is 0. The third-order valence-electron chi connectivity index (χ3n) is 4.35. The number of hydrogen-bond acceptors (Lipinski definition) is 1. The van der Waals surface area contributed by atoms with Gasteiger partial charge in [0.05, 0.1) is 0 Å². The highest BCUT2D eigenvalue weighted by molar-refractivity contribution is 5.81. The van der Waals surface area contributed by atoms with E-state index in [4.69, 9.17) is 0 Å². The molecular formula is C17H32O. The Morgan fingerprint density at radius 2 is 1.72 bits per heavy atom. The van der Waals surface area contributed by atoms with E-state index in [0.29, 0.717) is 17.1 Å². The fraction of sp³-hybridized carbons (Fsp3) is 0.941. The van der Waals surface area contributed by atoms with Crippen LogP contribution in [-0.2, 0) is 4.79 Å². The molecular weight excluding hydrogens is 220 g/mol. The molecule has 1 nitrogen and oxygen atoms in total. The molecule has 0 aliphatic heterocycles. The van der Waals surface area contributed by atoms with Crippen LogP contribution in [0.15, 0.2) is 0 Å². The summed E-state index contributed by atoms with van der Waals surface area (Å²) < 4.78 is 0. The van der Waals surface area contributed by atoms with Crippen molar-refractivity contribution in [3.63, 3.8) is 0 Å². The molecule has 106 valence electrons. The van der Waals surface area contributed by atoms with Gasteiger partial charge < -0.3 is 0 Å². The zero-order valence-electron chi connectivity index (χ0n) is 12.9. The van der Waals surface area contributed by atoms with E-state index in [2.05, 4.69) is 27.7 Å². The van der Waals surface area contributed by atoms with Crippen LogP contribution in [0.1, 0.15) is 85.5 Å². The second kappa shape index (κ2) is 7.31. The SMILES string of the molecule is CCCC1CCC(C(=O)CCCC(C)(C)C)CC1. The first kappa shape index (κ1) is 15.7. The topological polar surface area (TPSA) is 17.1 Å². The summed E-state index contributed by atoms with van der Waals surface area (Å²) in [6.45, 7) is 9.04. The molecule has 0 spiro atoms. The maximum Gasteiger partial charge on any atom is 0.135 e. The van der Waals surface area contributed by atoms with Crippen LogP contribution in [0.3, 0.4) is 0 Å². The summed E-state index contributed by atoms with van der Waals surface area (Å²) in [5, 5.41) is 0. The highest BCUT2D eigenvalue weighted by Crippen LogP contribution is 2.33. The second-order valence-corrected chi connectivity index (χ2v) is 7.39. The van der Waals surface area contributed by atoms with Gasteiger partial charge in [-0.2, -0.15) is 0 Å². The lowest BCUT2D eigenvalue weighted by atomic mass is 9.77. The molecule has 0 atom stereocenters. The summed E-state index contributed by atoms with van der Waals surface area (Å²) in [7, 11) is 0. The summed E-state index contributed by atoms with van der Waals surface area (Å²) in [5.41, 5.74) is 0.374. The summed E-state index contributed by atoms with van der Waals surface area (Å²) in [6.07, 6.45) is 10.7. The Labute approximate surface area is 114 Å². The predicted octanol–water partition coefficient (Wildman–Crippen LogP) is 5.38. The van der Waals surface area contributed by atoms with Crippen LogP contribution in [0.4, 0.5) is 0 Å². The van der Waals surface area contributed by atoms with Crippen LogP contribution in [0, 0.1) is 17.3 Å². The lowest BCUT2D eigenvalue weighted by Gasteiger charge is -2.27. The van der Waals surface area contributed by atoms with Crippen molar-refractivity contribution in [2.75, 3.05) is 0 Å². The zero-order valence-corrected chi connectivity index (χ0v) is 12.9. The summed E-state index contributed by atoms with van der Waals surface area (Å²) in [4.78, 5) is 12.1. The zero-order chi connectivity index (χ0) is 13.6. The molecule has 0 saturated heterocycles. The largest absolute Gasteiger partial charge is 0.299 e. The molecule has 0 bridgehead atoms. The average Bonchev–Trinajstić information content (AvgIpc) is 2.28. The quantitative estimate of drug-likeness (QED) is 0.620. The van der Waals surface area contributed by atoms with Gasteiger partial charge in [-0.1, -0.05) is 40.5 Å². The van der Waals surface area contributed by atoms with E-state index in [0.717, 1.165) is 18.8 Å². The van der Waals surface area contributed by atoms with Crippen molar-refractivity contribution in [3.05, 3.63) is 0 Å². The van der Waals surface area contributed by atoms with Gasteiger partial charge >= 0.3 is 0 Å². The van der Waals surface area contributed by atoms with E-state index >= 15 is 0 Å². The number of Topliss-reactive ketones (excluding diaryl/α,β-unsaturated/α-hetero) is 1. The third kappa shape index (κ3) is 6.02. The first-order valence-corrected chi connectivity index (χ1v) is 7.95. The Hall–Kier alpha value is -0.330. The molecule has 1 aliphatic rings. The molecule has 1 fully saturated rings. The van der Waals surface area contributed by atoms with Crippen LogP contribution in [0.25, 0.3) is 0 Å². The Morgan fingerprint density at radius 1 is 1.11 bits per heavy atom. The normalized spacial score (nSPS) is 25.1. The minimum Gasteiger partial charge on any atom is -0.299 e. The van der Waals surface area contributed by atoms with Crippen molar-refractivity contribution in [1.29, 1.82) is 0 Å². The van der Waals surface area contributed by atoms with Crippen molar-refractivity contribution in [1.82, 2.24) is 0 Å². The second-order valence-electron chi connectivity index (χ2n) is 7.39. The predicted molar refractivity (Wildman–Crippen MR) is 78.7 cm³/mol. The molecule has 0 aromatic heterocycles. The van der Waals surface area contributed by atoms with E-state index in [-0.39, 0.29) is 0 Å². The summed E-state index contributed by atoms with van der Waals surface area (Å²) in [5.74, 6) is 1.86. The molecule has 0 N–H and O–H groups in total. The number of carbonyl (C=O) groups is 1. The molecule has 1 aliphatic carbocycles. The Kier molecular flexibility index (Phi) is 6.38. The monoisotopic (exact) mass is 252 g/mol. The van der Waals surface area contributed by atoms with Crippen molar-refractivity contribution < 1.29 is 4.79 Å². The van der Waals surface area contributed by atoms with E-state index in [1.807, 2.05) is 0 Å². The van der Waals surface area contributed by atoms with E-state index in [1.54, 1.807) is 0 Å². The lowest BCUT2D eigenvalue weighted by molar-refractivity contribution is -0.124. The molecule has 0 radical (unpaired) electrons. The van der Waals surface area contributed by atoms with Crippen LogP contribution < -0.4 is 0 Å². The fourth-order valence-corrected chi connectivity index (χ4v) is 3.18. The highest BCUT2D eigenvalue weighted by Gasteiger charge is 2.25. The Bertz CT molecular complexity index is 241. The van der Waals surface area contributed by atoms with Gasteiger partial charge in [-0.25, -0.2) is 0 Å². The third-order valence-corrected chi connectivity index (χ3v) is 4.35. The Balaban J connectivity index is 2.20. The minimum atomic E-state index is 0.374. The van der Waals surface area contributed by atoms with Crippen molar-refractivity contribution in [2.24, 2.45) is 17.3 Å². The Morgan fingerprint density at radius 3 is 2.22 bits per heavy atom. The van der Waals surface area contributed by atoms with Crippen LogP contribution in [0.5, 0.6) is 0 Å². The van der Waals surface area contributed by atoms with Gasteiger partial charge in [-0.05, 0) is 49.9 Å². The van der Waals surface area contributed by atoms with Gasteiger partial charge in [-0.15, -0.1) is 0 Å². The number of ketones is 1. The van der Waals surface area contributed by atoms with E-state index < -0.39 is 0 Å². The number of carbonyl (C=O) groups excluding carboxylic acids is 1. The van der Waals surface area contributed by atoms with Gasteiger partial charge in [0.15, 0.2) is 0 Å². The van der Waals surface area contributed by atoms with Gasteiger partial charge in [0.2, 0.25) is 0 Å². The number of rotatable bonds is 6. The van der Waals surface area contributed by atoms with Crippen molar-refractivity contribution in [2.45, 2.75) is 85.5 Å². The fourth-order valence-electron chi connectivity index (χ4n) is 3.18. The minimum absolute atomic E-state index is 0.374. The number of hydrogen-bond donors (Lipinski definition) is 0. The first-order chi connectivity index (χ1) is 8.42. The molecule has 0 heterocycles. The van der Waals surface area contributed by atoms with E-state index in [1.165, 1.54) is 44.9 Å². The van der Waals surface area contributed by atoms with Crippen LogP contribution in [0.2, 0.25) is 0 Å². The van der Waals surface area contributed by atoms with E-state index in [9.17, 15) is 4.79 Å². The van der Waals surface area contributed by atoms with Gasteiger partial charge in [0, 0.05) is 12.3 Å². The highest BCUT2D eigenvalue weighted by atomic mass is 16.1. The van der Waals surface area contributed by atoms with Gasteiger partial charge in [0.25, 0.3) is 0 Å². The van der Waals surface area contributed by atoms with Gasteiger partial charge in [-0.3, -0.25) is 4.79 Å². The molecule has 1 rings (SSSR count). The smallest absolute Gasteiger partial charge is 0.135 e. The van der Waals surface area contributed by atoms with Crippen molar-refractivity contribution in [3.8, 4) is 0 Å². The maximum absolute atomic E-state index is 12.1. The molecule has 0 amide bonds. The molecule has 0 aromatic rings. The average molecular weight is 252 g/mol.